The molecule has 0 aromatic heterocycles. The van der Waals surface area contributed by atoms with Crippen LogP contribution in [0.1, 0.15) is 18.4 Å². The molecule has 11 heavy (non-hydrogen) atoms. The van der Waals surface area contributed by atoms with Crippen molar-refractivity contribution in [2.24, 2.45) is 0 Å². The summed E-state index contributed by atoms with van der Waals surface area (Å²) in [4.78, 5) is 0. The molecule has 1 rings (SSSR count). The Bertz CT molecular complexity index is 181. The van der Waals surface area contributed by atoms with Gasteiger partial charge in [-0.3, -0.25) is 0 Å². The van der Waals surface area contributed by atoms with Crippen LogP contribution in [-0.4, -0.2) is 65.9 Å². The molecule has 0 saturated heterocycles. The van der Waals surface area contributed by atoms with Crippen molar-refractivity contribution in [2.45, 2.75) is 17.1 Å². The minimum absolute atomic E-state index is 0.840. The predicted octanol–water partition coefficient (Wildman–Crippen LogP) is 2.60. The van der Waals surface area contributed by atoms with Crippen LogP contribution in [0.3, 0.4) is 0 Å². The van der Waals surface area contributed by atoms with Crippen molar-refractivity contribution in [1.82, 2.24) is 0 Å². The van der Waals surface area contributed by atoms with Crippen LogP contribution in [-0.2, 0) is 6.42 Å². The Morgan fingerprint density at radius 2 is 1.73 bits per heavy atom. The van der Waals surface area contributed by atoms with Crippen molar-refractivity contribution < 1.29 is 0 Å². The first-order valence-corrected chi connectivity index (χ1v) is 8.91. The van der Waals surface area contributed by atoms with E-state index in [-0.39, 0.29) is 0 Å². The molecule has 0 bridgehead atoms. The molecule has 0 nitrogen and oxygen atoms in total. The number of hydrogen-bond acceptors (Lipinski definition) is 0. The molecule has 1 heteroatoms. The number of rotatable bonds is 4. The summed E-state index contributed by atoms with van der Waals surface area (Å²) >= 11 is 0.840. The second-order valence-electron chi connectivity index (χ2n) is 2.94. The summed E-state index contributed by atoms with van der Waals surface area (Å²) in [6.45, 7) is 0. The van der Waals surface area contributed by atoms with Crippen LogP contribution in [0.5, 0.6) is 0 Å². The van der Waals surface area contributed by atoms with Crippen LogP contribution in [0, 0.1) is 0 Å². The standard InChI is InChI=1S/C10H13.Cs/c1-2-3-7-10-8-5-4-6-9-10;/h4-6,8-9H,1-3,7H2;. The molecule has 0 aliphatic rings. The van der Waals surface area contributed by atoms with Crippen molar-refractivity contribution >= 4 is 65.9 Å². The first kappa shape index (κ1) is 10.4. The fourth-order valence-electron chi connectivity index (χ4n) is 1.22. The molecular formula is C10H13Cs. The number of benzene rings is 1. The Balaban J connectivity index is 2.28. The van der Waals surface area contributed by atoms with Crippen LogP contribution in [0.2, 0.25) is -2.15 Å². The second kappa shape index (κ2) is 6.75. The Hall–Kier alpha value is 1.27. The van der Waals surface area contributed by atoms with Crippen molar-refractivity contribution in [3.63, 3.8) is 0 Å². The molecule has 1 aromatic rings. The van der Waals surface area contributed by atoms with Crippen LogP contribution in [0.15, 0.2) is 30.3 Å². The van der Waals surface area contributed by atoms with E-state index < -0.39 is 0 Å². The summed E-state index contributed by atoms with van der Waals surface area (Å²) < 4.78 is 1.53. The van der Waals surface area contributed by atoms with Gasteiger partial charge in [0.2, 0.25) is 0 Å². The molecule has 0 aliphatic carbocycles. The normalized spacial score (nSPS) is 10.0. The van der Waals surface area contributed by atoms with Gasteiger partial charge in [-0.05, 0) is 0 Å². The van der Waals surface area contributed by atoms with Gasteiger partial charge >= 0.3 is 119 Å². The molecule has 0 atom stereocenters. The monoisotopic (exact) mass is 266 g/mol. The molecule has 0 radical (unpaired) electrons. The third-order valence-electron chi connectivity index (χ3n) is 1.91. The maximum atomic E-state index is 2.22. The van der Waals surface area contributed by atoms with E-state index >= 15 is 0 Å². The van der Waals surface area contributed by atoms with E-state index in [0.29, 0.717) is 0 Å². The van der Waals surface area contributed by atoms with Crippen LogP contribution >= 0.6 is 0 Å². The van der Waals surface area contributed by atoms with Gasteiger partial charge in [-0.25, -0.2) is 0 Å². The molecule has 0 N–H and O–H groups in total. The molecule has 0 spiro atoms. The quantitative estimate of drug-likeness (QED) is 0.735. The zero-order valence-electron chi connectivity index (χ0n) is 7.22. The van der Waals surface area contributed by atoms with Gasteiger partial charge in [-0.15, -0.1) is 0 Å². The summed E-state index contributed by atoms with van der Waals surface area (Å²) in [5.74, 6) is 0. The van der Waals surface area contributed by atoms with Crippen molar-refractivity contribution in [2.75, 3.05) is 0 Å². The minimum atomic E-state index is 0.840. The Morgan fingerprint density at radius 1 is 1.00 bits per heavy atom. The predicted molar refractivity (Wildman–Crippen MR) is 49.9 cm³/mol. The van der Waals surface area contributed by atoms with Gasteiger partial charge in [0, 0.05) is 0 Å². The van der Waals surface area contributed by atoms with Gasteiger partial charge in [0.15, 0.2) is 0 Å². The first-order valence-electron chi connectivity index (χ1n) is 4.47. The molecular weight excluding hydrogens is 253 g/mol. The molecule has 0 aliphatic heterocycles. The molecule has 0 amide bonds. The molecule has 0 unspecified atom stereocenters. The van der Waals surface area contributed by atoms with E-state index in [1.54, 1.807) is 0 Å². The van der Waals surface area contributed by atoms with E-state index in [0.717, 1.165) is 65.9 Å². The SMILES string of the molecule is [Cs][CH2]CCCc1ccccc1. The number of aryl methyl sites for hydroxylation is 1. The molecule has 54 valence electrons. The molecule has 0 heterocycles. The van der Waals surface area contributed by atoms with E-state index in [4.69, 9.17) is 0 Å². The van der Waals surface area contributed by atoms with Crippen LogP contribution in [0.4, 0.5) is 0 Å². The van der Waals surface area contributed by atoms with Crippen molar-refractivity contribution in [3.05, 3.63) is 35.9 Å². The fraction of sp³-hybridized carbons (Fsp3) is 0.400. The van der Waals surface area contributed by atoms with Gasteiger partial charge in [0.1, 0.15) is 0 Å². The Morgan fingerprint density at radius 3 is 2.36 bits per heavy atom. The average Bonchev–Trinajstić information content (AvgIpc) is 2.07. The number of hydrogen-bond donors (Lipinski definition) is 0. The summed E-state index contributed by atoms with van der Waals surface area (Å²) in [6, 6.07) is 10.8. The van der Waals surface area contributed by atoms with Crippen molar-refractivity contribution in [3.8, 4) is 0 Å². The van der Waals surface area contributed by atoms with Gasteiger partial charge in [0.05, 0.1) is 0 Å². The summed E-state index contributed by atoms with van der Waals surface area (Å²) in [5.41, 5.74) is 1.50. The second-order valence-corrected chi connectivity index (χ2v) is 6.08. The molecule has 1 aromatic carbocycles. The summed E-state index contributed by atoms with van der Waals surface area (Å²) in [5, 5.41) is 0. The van der Waals surface area contributed by atoms with Crippen molar-refractivity contribution in [1.29, 1.82) is 0 Å². The van der Waals surface area contributed by atoms with Gasteiger partial charge < -0.3 is 0 Å². The average molecular weight is 266 g/mol. The van der Waals surface area contributed by atoms with Gasteiger partial charge in [-0.2, -0.15) is 0 Å². The van der Waals surface area contributed by atoms with Crippen LogP contribution in [0.25, 0.3) is 0 Å². The van der Waals surface area contributed by atoms with Crippen LogP contribution < -0.4 is 0 Å². The van der Waals surface area contributed by atoms with Gasteiger partial charge in [-0.1, -0.05) is 0 Å². The van der Waals surface area contributed by atoms with E-state index in [2.05, 4.69) is 30.3 Å². The van der Waals surface area contributed by atoms with E-state index in [1.165, 1.54) is 22.7 Å². The third-order valence-corrected chi connectivity index (χ3v) is 4.13. The Kier molecular flexibility index (Phi) is 6.36. The van der Waals surface area contributed by atoms with E-state index in [9.17, 15) is 0 Å². The first-order chi connectivity index (χ1) is 5.43. The summed E-state index contributed by atoms with van der Waals surface area (Å²) in [6.07, 6.45) is 4.12. The topological polar surface area (TPSA) is 0 Å². The third kappa shape index (κ3) is 4.76. The maximum absolute atomic E-state index is 2.22. The van der Waals surface area contributed by atoms with Gasteiger partial charge in [0.25, 0.3) is 0 Å². The zero-order chi connectivity index (χ0) is 7.94. The fourth-order valence-corrected chi connectivity index (χ4v) is 2.79. The van der Waals surface area contributed by atoms with E-state index in [1.807, 2.05) is 0 Å². The Labute approximate surface area is 116 Å². The number of unbranched alkanes of at least 4 members (excludes halogenated alkanes) is 1. The molecule has 0 saturated carbocycles. The molecule has 0 fully saturated rings. The zero-order valence-corrected chi connectivity index (χ0v) is 13.5. The summed E-state index contributed by atoms with van der Waals surface area (Å²) in [7, 11) is 0.